The van der Waals surface area contributed by atoms with E-state index in [-0.39, 0.29) is 43.1 Å². The molecule has 0 aromatic carbocycles. The van der Waals surface area contributed by atoms with E-state index in [1.165, 1.54) is 129 Å². The first-order chi connectivity index (χ1) is 20.5. The Morgan fingerprint density at radius 3 is 1.14 bits per heavy atom. The van der Waals surface area contributed by atoms with E-state index in [0.717, 1.165) is 64.7 Å². The van der Waals surface area contributed by atoms with E-state index in [9.17, 15) is 9.59 Å². The standard InChI is InChI=1S/C18H30N2O2.C18H34N2.Al.Li.4H/c21-16(19-10-4-5-11-19)14-18(8-2-1-3-9-18)15-17(22)20-12-6-7-13-20;1-2-8-18(9-3-1,10-16-19-12-4-5-13-19)11-17-20-14-6-7-15-20;;;;;;/h1-15H2;1-17H2;;;;;;/q;;;+1;;;;-1. The number of hydrogen-bond acceptors (Lipinski definition) is 4. The Morgan fingerprint density at radius 1 is 0.455 bits per heavy atom. The molecular weight excluding hydrogens is 554 g/mol. The summed E-state index contributed by atoms with van der Waals surface area (Å²) in [5.74, 6) is 0.599. The molecule has 0 bridgehead atoms. The minimum absolute atomic E-state index is 0. The Kier molecular flexibility index (Phi) is 17.2. The quantitative estimate of drug-likeness (QED) is 0.352. The maximum Gasteiger partial charge on any atom is 1.00 e. The van der Waals surface area contributed by atoms with Crippen molar-refractivity contribution < 1.29 is 29.9 Å². The Balaban J connectivity index is 0.000000295. The number of likely N-dealkylation sites (tertiary alicyclic amines) is 4. The van der Waals surface area contributed by atoms with Crippen LogP contribution in [0.25, 0.3) is 0 Å². The van der Waals surface area contributed by atoms with Crippen LogP contribution in [0.1, 0.15) is 143 Å². The van der Waals surface area contributed by atoms with E-state index < -0.39 is 0 Å². The van der Waals surface area contributed by atoms with Gasteiger partial charge in [-0.1, -0.05) is 38.5 Å². The van der Waals surface area contributed by atoms with Gasteiger partial charge in [-0.15, -0.1) is 0 Å². The van der Waals surface area contributed by atoms with Crippen LogP contribution >= 0.6 is 0 Å². The van der Waals surface area contributed by atoms with Gasteiger partial charge in [-0.25, -0.2) is 0 Å². The van der Waals surface area contributed by atoms with Crippen molar-refractivity contribution in [3.63, 3.8) is 0 Å². The van der Waals surface area contributed by atoms with Gasteiger partial charge in [0.25, 0.3) is 0 Å². The van der Waals surface area contributed by atoms with Gasteiger partial charge < -0.3 is 21.0 Å². The number of amides is 2. The van der Waals surface area contributed by atoms with Crippen LogP contribution in [-0.2, 0) is 9.59 Å². The third kappa shape index (κ3) is 11.6. The second-order valence-corrected chi connectivity index (χ2v) is 15.2. The van der Waals surface area contributed by atoms with E-state index in [0.29, 0.717) is 30.1 Å². The van der Waals surface area contributed by atoms with Gasteiger partial charge in [0, 0.05) is 39.0 Å². The molecule has 2 aliphatic carbocycles. The molecule has 6 fully saturated rings. The zero-order valence-electron chi connectivity index (χ0n) is 29.2. The SMILES string of the molecule is C1CCC(CCN2CCCC2)(CCN2CCCC2)CC1.O=C(CC1(CC(=O)N2CCCC2)CCCCC1)N1CCCC1.[AlH3].[H-].[Li+]. The predicted octanol–water partition coefficient (Wildman–Crippen LogP) is 2.80. The average Bonchev–Trinajstić information content (AvgIpc) is 3.85. The Bertz CT molecular complexity index is 777. The first kappa shape index (κ1) is 38.4. The summed E-state index contributed by atoms with van der Waals surface area (Å²) in [7, 11) is 0. The molecule has 4 aliphatic heterocycles. The number of nitrogens with zero attached hydrogens (tertiary/aromatic N) is 4. The summed E-state index contributed by atoms with van der Waals surface area (Å²) in [6.07, 6.45) is 27.8. The van der Waals surface area contributed by atoms with Gasteiger partial charge in [0.1, 0.15) is 0 Å². The minimum atomic E-state index is -0.0441. The minimum Gasteiger partial charge on any atom is -1.00 e. The average molecular weight is 623 g/mol. The van der Waals surface area contributed by atoms with Crippen molar-refractivity contribution in [1.29, 1.82) is 0 Å². The van der Waals surface area contributed by atoms with Crippen LogP contribution in [0.15, 0.2) is 0 Å². The fourth-order valence-electron chi connectivity index (χ4n) is 9.25. The summed E-state index contributed by atoms with van der Waals surface area (Å²) < 4.78 is 0. The number of carbonyl (C=O) groups is 2. The van der Waals surface area contributed by atoms with E-state index in [4.69, 9.17) is 0 Å². The van der Waals surface area contributed by atoms with E-state index >= 15 is 0 Å². The second kappa shape index (κ2) is 19.7. The van der Waals surface area contributed by atoms with Crippen LogP contribution in [0.3, 0.4) is 0 Å². The Hall–Kier alpha value is -0.0101. The molecule has 6 aliphatic rings. The van der Waals surface area contributed by atoms with Crippen LogP contribution in [0.2, 0.25) is 0 Å². The van der Waals surface area contributed by atoms with Crippen molar-refractivity contribution in [2.45, 2.75) is 141 Å². The maximum atomic E-state index is 12.6. The van der Waals surface area contributed by atoms with Crippen LogP contribution in [0.4, 0.5) is 0 Å². The number of hydrogen-bond donors (Lipinski definition) is 0. The van der Waals surface area contributed by atoms with Gasteiger partial charge in [-0.2, -0.15) is 0 Å². The Labute approximate surface area is 295 Å². The van der Waals surface area contributed by atoms with E-state index in [1.54, 1.807) is 0 Å². The third-order valence-corrected chi connectivity index (χ3v) is 12.1. The molecule has 4 heterocycles. The molecule has 0 aromatic heterocycles. The van der Waals surface area contributed by atoms with Crippen molar-refractivity contribution in [2.24, 2.45) is 10.8 Å². The molecule has 0 aromatic rings. The summed E-state index contributed by atoms with van der Waals surface area (Å²) >= 11 is 0. The first-order valence-electron chi connectivity index (χ1n) is 18.6. The molecule has 6 nitrogen and oxygen atoms in total. The molecule has 2 amide bonds. The molecule has 4 saturated heterocycles. The molecule has 8 heteroatoms. The molecule has 0 N–H and O–H groups in total. The van der Waals surface area contributed by atoms with Gasteiger partial charge in [-0.3, -0.25) is 9.59 Å². The molecular formula is C36H68AlLiN4O2. The topological polar surface area (TPSA) is 47.1 Å². The second-order valence-electron chi connectivity index (χ2n) is 15.2. The molecule has 0 unspecified atom stereocenters. The van der Waals surface area contributed by atoms with Gasteiger partial charge in [0.05, 0.1) is 0 Å². The summed E-state index contributed by atoms with van der Waals surface area (Å²) in [5, 5.41) is 0. The zero-order valence-corrected chi connectivity index (χ0v) is 28.2. The van der Waals surface area contributed by atoms with Gasteiger partial charge in [-0.05, 0) is 140 Å². The van der Waals surface area contributed by atoms with Crippen LogP contribution in [0.5, 0.6) is 0 Å². The van der Waals surface area contributed by atoms with Crippen molar-refractivity contribution in [3.8, 4) is 0 Å². The molecule has 2 saturated carbocycles. The third-order valence-electron chi connectivity index (χ3n) is 12.1. The first-order valence-corrected chi connectivity index (χ1v) is 18.6. The largest absolute Gasteiger partial charge is 1.00 e. The van der Waals surface area contributed by atoms with Crippen molar-refractivity contribution in [1.82, 2.24) is 19.6 Å². The van der Waals surface area contributed by atoms with E-state index in [1.807, 2.05) is 9.80 Å². The van der Waals surface area contributed by atoms with Crippen molar-refractivity contribution in [2.75, 3.05) is 65.4 Å². The zero-order chi connectivity index (χ0) is 29.1. The fourth-order valence-corrected chi connectivity index (χ4v) is 9.25. The summed E-state index contributed by atoms with van der Waals surface area (Å²) in [6.45, 7) is 12.0. The van der Waals surface area contributed by atoms with Gasteiger partial charge >= 0.3 is 18.9 Å². The molecule has 0 atom stereocenters. The molecule has 0 radical (unpaired) electrons. The monoisotopic (exact) mass is 623 g/mol. The number of carbonyl (C=O) groups excluding carboxylic acids is 2. The van der Waals surface area contributed by atoms with Crippen molar-refractivity contribution in [3.05, 3.63) is 0 Å². The summed E-state index contributed by atoms with van der Waals surface area (Å²) in [6, 6.07) is 0. The summed E-state index contributed by atoms with van der Waals surface area (Å²) in [4.78, 5) is 34.8. The maximum absolute atomic E-state index is 12.6. The molecule has 44 heavy (non-hydrogen) atoms. The van der Waals surface area contributed by atoms with Crippen LogP contribution < -0.4 is 18.9 Å². The van der Waals surface area contributed by atoms with Gasteiger partial charge in [0.15, 0.2) is 17.4 Å². The predicted molar refractivity (Wildman–Crippen MR) is 184 cm³/mol. The summed E-state index contributed by atoms with van der Waals surface area (Å²) in [5.41, 5.74) is 0.668. The van der Waals surface area contributed by atoms with Crippen LogP contribution in [0, 0.1) is 10.8 Å². The van der Waals surface area contributed by atoms with E-state index in [2.05, 4.69) is 9.80 Å². The fraction of sp³-hybridized carbons (Fsp3) is 0.944. The smallest absolute Gasteiger partial charge is 1.00 e. The molecule has 0 spiro atoms. The Morgan fingerprint density at radius 2 is 0.773 bits per heavy atom. The molecule has 6 rings (SSSR count). The van der Waals surface area contributed by atoms with Crippen molar-refractivity contribution >= 4 is 29.2 Å². The van der Waals surface area contributed by atoms with Gasteiger partial charge in [0.2, 0.25) is 11.8 Å². The number of rotatable bonds is 10. The molecule has 248 valence electrons. The van der Waals surface area contributed by atoms with Crippen LogP contribution in [-0.4, -0.2) is 114 Å². The normalized spacial score (nSPS) is 25.2.